The molecule has 2 atom stereocenters. The van der Waals surface area contributed by atoms with Gasteiger partial charge >= 0.3 is 11.9 Å². The van der Waals surface area contributed by atoms with Gasteiger partial charge in [-0.3, -0.25) is 14.4 Å². The van der Waals surface area contributed by atoms with Crippen LogP contribution < -0.4 is 9.47 Å². The lowest BCUT2D eigenvalue weighted by molar-refractivity contribution is -0.151. The third-order valence-corrected chi connectivity index (χ3v) is 4.91. The van der Waals surface area contributed by atoms with Crippen molar-refractivity contribution in [3.8, 4) is 11.5 Å². The normalized spacial score (nSPS) is 27.3. The summed E-state index contributed by atoms with van der Waals surface area (Å²) in [6.07, 6.45) is 0.0574. The summed E-state index contributed by atoms with van der Waals surface area (Å²) in [4.78, 5) is 36.5. The Hall–Kier alpha value is -2.77. The van der Waals surface area contributed by atoms with E-state index in [2.05, 4.69) is 0 Å². The highest BCUT2D eigenvalue weighted by molar-refractivity contribution is 5.96. The Kier molecular flexibility index (Phi) is 3.62. The number of benzene rings is 1. The van der Waals surface area contributed by atoms with Crippen LogP contribution in [0.5, 0.6) is 11.5 Å². The van der Waals surface area contributed by atoms with Crippen molar-refractivity contribution in [3.05, 3.63) is 24.3 Å². The van der Waals surface area contributed by atoms with Crippen LogP contribution >= 0.6 is 0 Å². The predicted octanol–water partition coefficient (Wildman–Crippen LogP) is 0.462. The van der Waals surface area contributed by atoms with Crippen LogP contribution in [-0.2, 0) is 14.4 Å². The maximum atomic E-state index is 12.3. The minimum absolute atomic E-state index is 0.0574. The summed E-state index contributed by atoms with van der Waals surface area (Å²) in [5, 5.41) is 18.7. The van der Waals surface area contributed by atoms with Crippen LogP contribution in [0.4, 0.5) is 0 Å². The molecule has 2 fully saturated rings. The Balaban J connectivity index is 1.67. The van der Waals surface area contributed by atoms with E-state index >= 15 is 0 Å². The third-order valence-electron chi connectivity index (χ3n) is 4.91. The van der Waals surface area contributed by atoms with Gasteiger partial charge in [-0.2, -0.15) is 0 Å². The molecule has 128 valence electrons. The van der Waals surface area contributed by atoms with Crippen LogP contribution in [0.1, 0.15) is 6.42 Å². The molecule has 0 radical (unpaired) electrons. The molecule has 0 bridgehead atoms. The summed E-state index contributed by atoms with van der Waals surface area (Å²) < 4.78 is 10.5. The molecule has 1 aromatic rings. The topological polar surface area (TPSA) is 113 Å². The maximum absolute atomic E-state index is 12.3. The number of amides is 1. The Morgan fingerprint density at radius 2 is 1.62 bits per heavy atom. The highest BCUT2D eigenvalue weighted by Gasteiger charge is 2.81. The van der Waals surface area contributed by atoms with E-state index in [1.807, 2.05) is 0 Å². The number of carboxylic acids is 2. The average molecular weight is 335 g/mol. The van der Waals surface area contributed by atoms with Gasteiger partial charge in [-0.25, -0.2) is 0 Å². The van der Waals surface area contributed by atoms with Crippen molar-refractivity contribution in [2.24, 2.45) is 10.8 Å². The molecule has 0 unspecified atom stereocenters. The van der Waals surface area contributed by atoms with Crippen molar-refractivity contribution in [2.75, 3.05) is 26.8 Å². The molecule has 8 heteroatoms. The van der Waals surface area contributed by atoms with Gasteiger partial charge in [-0.1, -0.05) is 12.1 Å². The largest absolute Gasteiger partial charge is 0.493 e. The van der Waals surface area contributed by atoms with Crippen LogP contribution in [0.25, 0.3) is 0 Å². The van der Waals surface area contributed by atoms with E-state index in [9.17, 15) is 24.6 Å². The molecule has 1 amide bonds. The molecule has 0 aromatic heterocycles. The van der Waals surface area contributed by atoms with E-state index in [4.69, 9.17) is 9.47 Å². The number of carbonyl (C=O) groups is 3. The molecule has 3 rings (SSSR count). The molecule has 1 aromatic carbocycles. The standard InChI is InChI=1S/C16H17NO7/c1-23-10-4-2-3-5-11(10)24-6-12(18)17-8-15(13(19)20)7-16(15,9-17)14(21)22/h2-5H,6-9H2,1H3,(H,19,20)(H,21,22)/t15-,16+. The van der Waals surface area contributed by atoms with E-state index in [1.54, 1.807) is 24.3 Å². The van der Waals surface area contributed by atoms with Gasteiger partial charge in [-0.15, -0.1) is 0 Å². The number of fused-ring (bicyclic) bond motifs is 1. The van der Waals surface area contributed by atoms with Gasteiger partial charge in [0.1, 0.15) is 10.8 Å². The van der Waals surface area contributed by atoms with E-state index in [0.29, 0.717) is 11.5 Å². The monoisotopic (exact) mass is 335 g/mol. The Bertz CT molecular complexity index is 690. The van der Waals surface area contributed by atoms with E-state index in [0.717, 1.165) is 0 Å². The fraction of sp³-hybridized carbons (Fsp3) is 0.438. The molecule has 1 heterocycles. The SMILES string of the molecule is COc1ccccc1OCC(=O)N1C[C@@]2(C(=O)O)C[C@@]2(C(=O)O)C1. The maximum Gasteiger partial charge on any atom is 0.312 e. The molecule has 8 nitrogen and oxygen atoms in total. The molecule has 1 saturated carbocycles. The van der Waals surface area contributed by atoms with Crippen LogP contribution in [-0.4, -0.2) is 59.8 Å². The second-order valence-electron chi connectivity index (χ2n) is 6.14. The minimum Gasteiger partial charge on any atom is -0.493 e. The lowest BCUT2D eigenvalue weighted by Crippen LogP contribution is -2.37. The first-order valence-electron chi connectivity index (χ1n) is 7.37. The Morgan fingerprint density at radius 3 is 2.12 bits per heavy atom. The van der Waals surface area contributed by atoms with E-state index < -0.39 is 28.7 Å². The highest BCUT2D eigenvalue weighted by Crippen LogP contribution is 2.68. The van der Waals surface area contributed by atoms with Crippen molar-refractivity contribution < 1.29 is 34.1 Å². The number of hydrogen-bond donors (Lipinski definition) is 2. The molecule has 0 spiro atoms. The number of carboxylic acid groups (broad SMARTS) is 2. The first kappa shape index (κ1) is 16.1. The number of carbonyl (C=O) groups excluding carboxylic acids is 1. The summed E-state index contributed by atoms with van der Waals surface area (Å²) in [6, 6.07) is 6.82. The van der Waals surface area contributed by atoms with Crippen molar-refractivity contribution in [1.82, 2.24) is 4.90 Å². The van der Waals surface area contributed by atoms with Crippen molar-refractivity contribution in [3.63, 3.8) is 0 Å². The van der Waals surface area contributed by atoms with Gasteiger partial charge in [0, 0.05) is 13.1 Å². The average Bonchev–Trinajstić information content (AvgIpc) is 3.11. The van der Waals surface area contributed by atoms with E-state index in [1.165, 1.54) is 12.0 Å². The summed E-state index contributed by atoms with van der Waals surface area (Å²) in [7, 11) is 1.48. The summed E-state index contributed by atoms with van der Waals surface area (Å²) in [5.74, 6) is -1.94. The van der Waals surface area contributed by atoms with Crippen molar-refractivity contribution in [1.29, 1.82) is 0 Å². The number of piperidine rings is 1. The quantitative estimate of drug-likeness (QED) is 0.776. The number of likely N-dealkylation sites (tertiary alicyclic amines) is 1. The van der Waals surface area contributed by atoms with Gasteiger partial charge in [0.2, 0.25) is 0 Å². The number of para-hydroxylation sites is 2. The second-order valence-corrected chi connectivity index (χ2v) is 6.14. The van der Waals surface area contributed by atoms with E-state index in [-0.39, 0.29) is 26.1 Å². The molecule has 1 aliphatic carbocycles. The number of methoxy groups -OCH3 is 1. The number of ether oxygens (including phenoxy) is 2. The lowest BCUT2D eigenvalue weighted by Gasteiger charge is -2.20. The summed E-state index contributed by atoms with van der Waals surface area (Å²) in [6.45, 7) is -0.530. The molecule has 2 aliphatic rings. The van der Waals surface area contributed by atoms with Crippen LogP contribution in [0.3, 0.4) is 0 Å². The molecular weight excluding hydrogens is 318 g/mol. The number of hydrogen-bond acceptors (Lipinski definition) is 5. The Labute approximate surface area is 137 Å². The van der Waals surface area contributed by atoms with Crippen molar-refractivity contribution in [2.45, 2.75) is 6.42 Å². The summed E-state index contributed by atoms with van der Waals surface area (Å²) >= 11 is 0. The molecule has 2 N–H and O–H groups in total. The van der Waals surface area contributed by atoms with Gasteiger partial charge in [0.25, 0.3) is 5.91 Å². The molecule has 24 heavy (non-hydrogen) atoms. The zero-order valence-electron chi connectivity index (χ0n) is 13.0. The van der Waals surface area contributed by atoms with Crippen LogP contribution in [0, 0.1) is 10.8 Å². The summed E-state index contributed by atoms with van der Waals surface area (Å²) in [5.41, 5.74) is -2.75. The number of nitrogens with zero attached hydrogens (tertiary/aromatic N) is 1. The lowest BCUT2D eigenvalue weighted by atomic mass is 9.97. The van der Waals surface area contributed by atoms with Gasteiger partial charge < -0.3 is 24.6 Å². The van der Waals surface area contributed by atoms with Gasteiger partial charge in [0.15, 0.2) is 18.1 Å². The zero-order valence-corrected chi connectivity index (χ0v) is 13.0. The smallest absolute Gasteiger partial charge is 0.312 e. The fourth-order valence-corrected chi connectivity index (χ4v) is 3.43. The number of rotatable bonds is 6. The highest BCUT2D eigenvalue weighted by atomic mass is 16.5. The second kappa shape index (κ2) is 5.40. The molecule has 1 aliphatic heterocycles. The molecule has 1 saturated heterocycles. The van der Waals surface area contributed by atoms with Crippen LogP contribution in [0.15, 0.2) is 24.3 Å². The Morgan fingerprint density at radius 1 is 1.08 bits per heavy atom. The van der Waals surface area contributed by atoms with Crippen LogP contribution in [0.2, 0.25) is 0 Å². The first-order chi connectivity index (χ1) is 11.4. The number of aliphatic carboxylic acids is 2. The molecular formula is C16H17NO7. The first-order valence-corrected chi connectivity index (χ1v) is 7.37. The van der Waals surface area contributed by atoms with Crippen molar-refractivity contribution >= 4 is 17.8 Å². The fourth-order valence-electron chi connectivity index (χ4n) is 3.43. The predicted molar refractivity (Wildman–Crippen MR) is 79.8 cm³/mol. The minimum atomic E-state index is -1.38. The zero-order chi connectivity index (χ0) is 17.5. The van der Waals surface area contributed by atoms with Gasteiger partial charge in [-0.05, 0) is 18.6 Å². The third kappa shape index (κ3) is 2.17. The van der Waals surface area contributed by atoms with Gasteiger partial charge in [0.05, 0.1) is 7.11 Å².